The molecule has 1 saturated carbocycles. The smallest absolute Gasteiger partial charge is 0.0443 e. The highest BCUT2D eigenvalue weighted by Crippen LogP contribution is 2.22. The van der Waals surface area contributed by atoms with Gasteiger partial charge >= 0.3 is 0 Å². The van der Waals surface area contributed by atoms with Gasteiger partial charge in [0.15, 0.2) is 0 Å². The first-order valence-electron chi connectivity index (χ1n) is 14.9. The number of hydrogen-bond donors (Lipinski definition) is 0. The second-order valence-electron chi connectivity index (χ2n) is 12.0. The monoisotopic (exact) mass is 437 g/mol. The SMILES string of the molecule is C1CCCCCCCCCCC1.CC(C)CCCC(C)CCCC(C)CCCC(C)C. The highest BCUT2D eigenvalue weighted by atomic mass is 14.1. The van der Waals surface area contributed by atoms with Gasteiger partial charge in [-0.05, 0) is 23.7 Å². The molecule has 2 unspecified atom stereocenters. The van der Waals surface area contributed by atoms with Gasteiger partial charge in [0.05, 0.1) is 0 Å². The summed E-state index contributed by atoms with van der Waals surface area (Å²) in [6.07, 6.45) is 30.9. The second-order valence-corrected chi connectivity index (χ2v) is 12.0. The minimum atomic E-state index is 0.883. The lowest BCUT2D eigenvalue weighted by Gasteiger charge is -2.15. The molecule has 0 heterocycles. The van der Waals surface area contributed by atoms with Gasteiger partial charge in [-0.2, -0.15) is 0 Å². The van der Waals surface area contributed by atoms with E-state index in [1.165, 1.54) is 135 Å². The van der Waals surface area contributed by atoms with Crippen LogP contribution < -0.4 is 0 Å². The van der Waals surface area contributed by atoms with Crippen LogP contribution in [0.1, 0.15) is 176 Å². The molecule has 1 aliphatic rings. The van der Waals surface area contributed by atoms with Crippen LogP contribution in [-0.4, -0.2) is 0 Å². The third kappa shape index (κ3) is 26.1. The molecule has 0 saturated heterocycles. The third-order valence-corrected chi connectivity index (χ3v) is 7.35. The van der Waals surface area contributed by atoms with E-state index in [0.717, 1.165) is 23.7 Å². The van der Waals surface area contributed by atoms with Gasteiger partial charge in [0.2, 0.25) is 0 Å². The molecule has 0 amide bonds. The molecule has 0 aromatic rings. The standard InChI is InChI=1S/C19H40.C12H24/c1-16(2)10-7-12-18(5)14-9-15-19(6)13-8-11-17(3)4;1-2-4-6-8-10-12-11-9-7-5-3-1/h16-19H,7-15H2,1-6H3;1-12H2. The molecule has 0 bridgehead atoms. The Kier molecular flexibility index (Phi) is 23.2. The average Bonchev–Trinajstić information content (AvgIpc) is 2.68. The van der Waals surface area contributed by atoms with E-state index in [4.69, 9.17) is 0 Å². The van der Waals surface area contributed by atoms with Crippen LogP contribution in [-0.2, 0) is 0 Å². The Bertz CT molecular complexity index is 266. The molecule has 0 spiro atoms. The van der Waals surface area contributed by atoms with Crippen molar-refractivity contribution in [1.82, 2.24) is 0 Å². The first-order chi connectivity index (χ1) is 14.9. The van der Waals surface area contributed by atoms with Gasteiger partial charge in [-0.3, -0.25) is 0 Å². The van der Waals surface area contributed by atoms with E-state index in [-0.39, 0.29) is 0 Å². The zero-order chi connectivity index (χ0) is 23.2. The molecule has 31 heavy (non-hydrogen) atoms. The lowest BCUT2D eigenvalue weighted by Crippen LogP contribution is -2.00. The fourth-order valence-corrected chi connectivity index (χ4v) is 4.97. The summed E-state index contributed by atoms with van der Waals surface area (Å²) in [5, 5.41) is 0. The van der Waals surface area contributed by atoms with Crippen LogP contribution in [0.3, 0.4) is 0 Å². The van der Waals surface area contributed by atoms with Gasteiger partial charge in [-0.15, -0.1) is 0 Å². The Morgan fingerprint density at radius 1 is 0.323 bits per heavy atom. The highest BCUT2D eigenvalue weighted by Gasteiger charge is 2.07. The van der Waals surface area contributed by atoms with E-state index < -0.39 is 0 Å². The third-order valence-electron chi connectivity index (χ3n) is 7.35. The van der Waals surface area contributed by atoms with Gasteiger partial charge in [0.25, 0.3) is 0 Å². The van der Waals surface area contributed by atoms with Gasteiger partial charge in [0, 0.05) is 0 Å². The van der Waals surface area contributed by atoms with Crippen molar-refractivity contribution in [3.63, 3.8) is 0 Å². The van der Waals surface area contributed by atoms with Crippen molar-refractivity contribution in [2.24, 2.45) is 23.7 Å². The molecule has 0 aromatic heterocycles. The van der Waals surface area contributed by atoms with Gasteiger partial charge in [0.1, 0.15) is 0 Å². The minimum absolute atomic E-state index is 0.883. The summed E-state index contributed by atoms with van der Waals surface area (Å²) in [6, 6.07) is 0. The minimum Gasteiger partial charge on any atom is -0.0628 e. The molecule has 0 aliphatic heterocycles. The Morgan fingerprint density at radius 2 is 0.516 bits per heavy atom. The summed E-state index contributed by atoms with van der Waals surface area (Å²) < 4.78 is 0. The Labute approximate surface area is 200 Å². The number of rotatable bonds is 12. The first kappa shape index (κ1) is 31.0. The second kappa shape index (κ2) is 23.2. The fourth-order valence-electron chi connectivity index (χ4n) is 4.97. The first-order valence-corrected chi connectivity index (χ1v) is 14.9. The van der Waals surface area contributed by atoms with Crippen molar-refractivity contribution < 1.29 is 0 Å². The lowest BCUT2D eigenvalue weighted by molar-refractivity contribution is 0.381. The summed E-state index contributed by atoms with van der Waals surface area (Å²) >= 11 is 0. The maximum absolute atomic E-state index is 2.45. The van der Waals surface area contributed by atoms with Crippen LogP contribution in [0, 0.1) is 23.7 Å². The molecule has 1 fully saturated rings. The average molecular weight is 437 g/mol. The van der Waals surface area contributed by atoms with Crippen molar-refractivity contribution in [1.29, 1.82) is 0 Å². The van der Waals surface area contributed by atoms with Crippen molar-refractivity contribution in [2.75, 3.05) is 0 Å². The van der Waals surface area contributed by atoms with Gasteiger partial charge in [-0.1, -0.05) is 176 Å². The predicted molar refractivity (Wildman–Crippen MR) is 145 cm³/mol. The molecule has 0 radical (unpaired) electrons. The Balaban J connectivity index is 0.000000639. The summed E-state index contributed by atoms with van der Waals surface area (Å²) in [5.74, 6) is 3.66. The van der Waals surface area contributed by atoms with Crippen LogP contribution in [0.2, 0.25) is 0 Å². The lowest BCUT2D eigenvalue weighted by atomic mass is 9.91. The predicted octanol–water partition coefficient (Wildman–Crippen LogP) is 11.8. The molecule has 0 nitrogen and oxygen atoms in total. The summed E-state index contributed by atoms with van der Waals surface area (Å²) in [5.41, 5.74) is 0. The van der Waals surface area contributed by atoms with E-state index >= 15 is 0 Å². The van der Waals surface area contributed by atoms with E-state index in [0.29, 0.717) is 0 Å². The van der Waals surface area contributed by atoms with Crippen LogP contribution >= 0.6 is 0 Å². The Hall–Kier alpha value is 0. The molecule has 1 rings (SSSR count). The zero-order valence-corrected chi connectivity index (χ0v) is 23.2. The van der Waals surface area contributed by atoms with Crippen molar-refractivity contribution in [2.45, 2.75) is 176 Å². The molecule has 188 valence electrons. The molecule has 0 N–H and O–H groups in total. The molecule has 2 atom stereocenters. The molecule has 0 heteroatoms. The maximum Gasteiger partial charge on any atom is -0.0443 e. The largest absolute Gasteiger partial charge is 0.0628 e. The number of hydrogen-bond acceptors (Lipinski definition) is 0. The highest BCUT2D eigenvalue weighted by molar-refractivity contribution is 4.60. The zero-order valence-electron chi connectivity index (χ0n) is 23.2. The fraction of sp³-hybridized carbons (Fsp3) is 1.00. The van der Waals surface area contributed by atoms with E-state index in [1.807, 2.05) is 0 Å². The van der Waals surface area contributed by atoms with Gasteiger partial charge < -0.3 is 0 Å². The van der Waals surface area contributed by atoms with Gasteiger partial charge in [-0.25, -0.2) is 0 Å². The van der Waals surface area contributed by atoms with Crippen LogP contribution in [0.5, 0.6) is 0 Å². The maximum atomic E-state index is 2.45. The normalized spacial score (nSPS) is 18.6. The summed E-state index contributed by atoms with van der Waals surface area (Å²) in [6.45, 7) is 14.2. The quantitative estimate of drug-likeness (QED) is 0.285. The summed E-state index contributed by atoms with van der Waals surface area (Å²) in [4.78, 5) is 0. The molecule has 0 aromatic carbocycles. The van der Waals surface area contributed by atoms with Crippen LogP contribution in [0.15, 0.2) is 0 Å². The van der Waals surface area contributed by atoms with Crippen LogP contribution in [0.25, 0.3) is 0 Å². The van der Waals surface area contributed by atoms with Crippen LogP contribution in [0.4, 0.5) is 0 Å². The van der Waals surface area contributed by atoms with E-state index in [1.54, 1.807) is 0 Å². The molecular weight excluding hydrogens is 372 g/mol. The molecule has 1 aliphatic carbocycles. The van der Waals surface area contributed by atoms with E-state index in [2.05, 4.69) is 41.5 Å². The van der Waals surface area contributed by atoms with Crippen molar-refractivity contribution in [3.8, 4) is 0 Å². The summed E-state index contributed by atoms with van der Waals surface area (Å²) in [7, 11) is 0. The molecular formula is C31H64. The van der Waals surface area contributed by atoms with E-state index in [9.17, 15) is 0 Å². The topological polar surface area (TPSA) is 0 Å². The van der Waals surface area contributed by atoms with Crippen molar-refractivity contribution >= 4 is 0 Å². The Morgan fingerprint density at radius 3 is 0.710 bits per heavy atom. The van der Waals surface area contributed by atoms with Crippen molar-refractivity contribution in [3.05, 3.63) is 0 Å².